The molecular weight excluding hydrogens is 432 g/mol. The minimum atomic E-state index is -0.983. The zero-order valence-corrected chi connectivity index (χ0v) is 19.1. The summed E-state index contributed by atoms with van der Waals surface area (Å²) in [7, 11) is 3.15. The number of anilines is 1. The lowest BCUT2D eigenvalue weighted by atomic mass is 10.1. The number of methoxy groups -OCH3 is 2. The van der Waals surface area contributed by atoms with Gasteiger partial charge in [0.05, 0.1) is 19.7 Å². The molecule has 1 heterocycles. The average molecular weight is 459 g/mol. The molecule has 1 N–H and O–H groups in total. The molecule has 0 bridgehead atoms. The van der Waals surface area contributed by atoms with Crippen molar-refractivity contribution in [1.82, 2.24) is 4.98 Å². The van der Waals surface area contributed by atoms with Gasteiger partial charge in [0.2, 0.25) is 0 Å². The highest BCUT2D eigenvalue weighted by molar-refractivity contribution is 5.88. The van der Waals surface area contributed by atoms with Crippen LogP contribution in [0, 0.1) is 0 Å². The average Bonchev–Trinajstić information content (AvgIpc) is 2.87. The van der Waals surface area contributed by atoms with Crippen LogP contribution in [-0.2, 0) is 6.42 Å². The first kappa shape index (κ1) is 22.9. The van der Waals surface area contributed by atoms with Gasteiger partial charge in [0, 0.05) is 29.9 Å². The molecule has 34 heavy (non-hydrogen) atoms. The molecular formula is C27H26N2O5. The van der Waals surface area contributed by atoms with Crippen LogP contribution in [-0.4, -0.2) is 36.9 Å². The quantitative estimate of drug-likeness (QED) is 0.323. The van der Waals surface area contributed by atoms with Crippen molar-refractivity contribution < 1.29 is 24.1 Å². The lowest BCUT2D eigenvalue weighted by Gasteiger charge is -2.20. The van der Waals surface area contributed by atoms with Gasteiger partial charge >= 0.3 is 6.09 Å². The van der Waals surface area contributed by atoms with E-state index < -0.39 is 6.09 Å². The summed E-state index contributed by atoms with van der Waals surface area (Å²) in [4.78, 5) is 17.6. The summed E-state index contributed by atoms with van der Waals surface area (Å²) < 4.78 is 16.9. The molecule has 7 nitrogen and oxygen atoms in total. The van der Waals surface area contributed by atoms with Gasteiger partial charge in [-0.15, -0.1) is 0 Å². The van der Waals surface area contributed by atoms with Crippen molar-refractivity contribution >= 4 is 22.7 Å². The number of amides is 1. The van der Waals surface area contributed by atoms with Crippen molar-refractivity contribution in [3.63, 3.8) is 0 Å². The van der Waals surface area contributed by atoms with Crippen LogP contribution in [0.4, 0.5) is 10.5 Å². The Bertz CT molecular complexity index is 1260. The molecule has 7 heteroatoms. The topological polar surface area (TPSA) is 81.1 Å². The van der Waals surface area contributed by atoms with Crippen LogP contribution >= 0.6 is 0 Å². The number of aryl methyl sites for hydroxylation is 1. The highest BCUT2D eigenvalue weighted by atomic mass is 16.5. The molecule has 0 atom stereocenters. The molecule has 1 amide bonds. The van der Waals surface area contributed by atoms with E-state index in [-0.39, 0.29) is 0 Å². The van der Waals surface area contributed by atoms with Gasteiger partial charge in [-0.2, -0.15) is 0 Å². The Hall–Kier alpha value is -4.26. The Morgan fingerprint density at radius 3 is 2.29 bits per heavy atom. The van der Waals surface area contributed by atoms with E-state index in [1.807, 2.05) is 36.4 Å². The molecule has 0 aliphatic heterocycles. The summed E-state index contributed by atoms with van der Waals surface area (Å²) in [5, 5.41) is 10.5. The predicted octanol–water partition coefficient (Wildman–Crippen LogP) is 6.16. The number of hydrogen-bond donors (Lipinski definition) is 1. The summed E-state index contributed by atoms with van der Waals surface area (Å²) in [6.07, 6.45) is 2.22. The second-order valence-corrected chi connectivity index (χ2v) is 7.65. The highest BCUT2D eigenvalue weighted by Crippen LogP contribution is 2.37. The van der Waals surface area contributed by atoms with Gasteiger partial charge in [-0.3, -0.25) is 9.88 Å². The van der Waals surface area contributed by atoms with Gasteiger partial charge < -0.3 is 19.3 Å². The van der Waals surface area contributed by atoms with Gasteiger partial charge in [-0.05, 0) is 54.8 Å². The molecule has 0 saturated carbocycles. The van der Waals surface area contributed by atoms with E-state index in [4.69, 9.17) is 14.2 Å². The van der Waals surface area contributed by atoms with E-state index in [2.05, 4.69) is 4.98 Å². The predicted molar refractivity (Wildman–Crippen MR) is 131 cm³/mol. The summed E-state index contributed by atoms with van der Waals surface area (Å²) in [6, 6.07) is 22.5. The lowest BCUT2D eigenvalue weighted by molar-refractivity contribution is 0.201. The third-order valence-electron chi connectivity index (χ3n) is 5.50. The zero-order valence-electron chi connectivity index (χ0n) is 19.1. The Balaban J connectivity index is 1.49. The van der Waals surface area contributed by atoms with Crippen LogP contribution in [0.3, 0.4) is 0 Å². The van der Waals surface area contributed by atoms with Crippen molar-refractivity contribution in [3.8, 4) is 23.0 Å². The molecule has 4 rings (SSSR count). The summed E-state index contributed by atoms with van der Waals surface area (Å²) in [6.45, 7) is 0.404. The van der Waals surface area contributed by atoms with E-state index in [1.165, 1.54) is 10.5 Å². The van der Waals surface area contributed by atoms with Crippen LogP contribution in [0.1, 0.15) is 12.0 Å². The Kier molecular flexibility index (Phi) is 7.13. The van der Waals surface area contributed by atoms with Crippen molar-refractivity contribution in [2.24, 2.45) is 0 Å². The van der Waals surface area contributed by atoms with Crippen molar-refractivity contribution in [3.05, 3.63) is 84.6 Å². The number of pyridine rings is 1. The molecule has 0 aliphatic carbocycles. The van der Waals surface area contributed by atoms with E-state index in [0.717, 1.165) is 18.2 Å². The van der Waals surface area contributed by atoms with Gasteiger partial charge in [0.15, 0.2) is 11.5 Å². The fraction of sp³-hybridized carbons (Fsp3) is 0.185. The maximum absolute atomic E-state index is 11.8. The third kappa shape index (κ3) is 5.20. The second-order valence-electron chi connectivity index (χ2n) is 7.65. The number of ether oxygens (including phenoxy) is 3. The van der Waals surface area contributed by atoms with Gasteiger partial charge in [-0.1, -0.05) is 30.3 Å². The summed E-state index contributed by atoms with van der Waals surface area (Å²) in [5.74, 6) is 2.36. The van der Waals surface area contributed by atoms with Gasteiger partial charge in [0.1, 0.15) is 11.5 Å². The molecule has 0 radical (unpaired) electrons. The van der Waals surface area contributed by atoms with Crippen molar-refractivity contribution in [1.29, 1.82) is 0 Å². The third-order valence-corrected chi connectivity index (χ3v) is 5.50. The van der Waals surface area contributed by atoms with Gasteiger partial charge in [0.25, 0.3) is 0 Å². The standard InChI is InChI=1S/C27H26N2O5/c1-32-25-17-22-23(18-26(25)33-2)28-15-14-24(22)34-21-12-10-20(11-13-21)29(27(30)31)16-6-9-19-7-4-3-5-8-19/h3-5,7-8,10-15,17-18H,6,9,16H2,1-2H3,(H,30,31). The first-order valence-electron chi connectivity index (χ1n) is 10.9. The number of carbonyl (C=O) groups is 1. The van der Waals surface area contributed by atoms with Crippen LogP contribution in [0.2, 0.25) is 0 Å². The van der Waals surface area contributed by atoms with Crippen molar-refractivity contribution in [2.45, 2.75) is 12.8 Å². The Morgan fingerprint density at radius 1 is 0.912 bits per heavy atom. The maximum Gasteiger partial charge on any atom is 0.411 e. The van der Waals surface area contributed by atoms with Crippen LogP contribution < -0.4 is 19.1 Å². The molecule has 3 aromatic carbocycles. The van der Waals surface area contributed by atoms with Crippen LogP contribution in [0.25, 0.3) is 10.9 Å². The fourth-order valence-corrected chi connectivity index (χ4v) is 3.78. The van der Waals surface area contributed by atoms with Crippen LogP contribution in [0.5, 0.6) is 23.0 Å². The van der Waals surface area contributed by atoms with Crippen molar-refractivity contribution in [2.75, 3.05) is 25.7 Å². The number of hydrogen-bond acceptors (Lipinski definition) is 5. The molecule has 174 valence electrons. The molecule has 1 aromatic heterocycles. The fourth-order valence-electron chi connectivity index (χ4n) is 3.78. The Labute approximate surface area is 198 Å². The zero-order chi connectivity index (χ0) is 23.9. The van der Waals surface area contributed by atoms with E-state index in [1.54, 1.807) is 56.8 Å². The largest absolute Gasteiger partial charge is 0.493 e. The molecule has 0 fully saturated rings. The SMILES string of the molecule is COc1cc2nccc(Oc3ccc(N(CCCc4ccccc4)C(=O)O)cc3)c2cc1OC. The summed E-state index contributed by atoms with van der Waals surface area (Å²) in [5.41, 5.74) is 2.50. The number of nitrogens with zero attached hydrogens (tertiary/aromatic N) is 2. The van der Waals surface area contributed by atoms with E-state index in [0.29, 0.717) is 40.7 Å². The number of benzene rings is 3. The minimum absolute atomic E-state index is 0.404. The lowest BCUT2D eigenvalue weighted by Crippen LogP contribution is -2.30. The van der Waals surface area contributed by atoms with Gasteiger partial charge in [-0.25, -0.2) is 4.79 Å². The normalized spacial score (nSPS) is 10.6. The Morgan fingerprint density at radius 2 is 1.62 bits per heavy atom. The minimum Gasteiger partial charge on any atom is -0.493 e. The molecule has 0 spiro atoms. The smallest absolute Gasteiger partial charge is 0.411 e. The molecule has 0 aliphatic rings. The molecule has 0 saturated heterocycles. The molecule has 0 unspecified atom stereocenters. The number of fused-ring (bicyclic) bond motifs is 1. The first-order chi connectivity index (χ1) is 16.6. The second kappa shape index (κ2) is 10.6. The van der Waals surface area contributed by atoms with E-state index in [9.17, 15) is 9.90 Å². The maximum atomic E-state index is 11.8. The van der Waals surface area contributed by atoms with E-state index >= 15 is 0 Å². The first-order valence-corrected chi connectivity index (χ1v) is 10.9. The highest BCUT2D eigenvalue weighted by Gasteiger charge is 2.15. The monoisotopic (exact) mass is 458 g/mol. The van der Waals surface area contributed by atoms with Crippen LogP contribution in [0.15, 0.2) is 79.0 Å². The number of rotatable bonds is 9. The number of aromatic nitrogens is 1. The summed E-state index contributed by atoms with van der Waals surface area (Å²) >= 11 is 0. The molecule has 4 aromatic rings. The number of carboxylic acid groups (broad SMARTS) is 1.